The predicted octanol–water partition coefficient (Wildman–Crippen LogP) is 2.86. The van der Waals surface area contributed by atoms with Gasteiger partial charge in [0.25, 0.3) is 0 Å². The van der Waals surface area contributed by atoms with Crippen molar-refractivity contribution >= 4 is 11.7 Å². The summed E-state index contributed by atoms with van der Waals surface area (Å²) in [7, 11) is 0. The minimum Gasteiger partial charge on any atom is -0.383 e. The van der Waals surface area contributed by atoms with Gasteiger partial charge in [-0.25, -0.2) is 0 Å². The lowest BCUT2D eigenvalue weighted by molar-refractivity contribution is -0.119. The molecule has 0 spiro atoms. The van der Waals surface area contributed by atoms with E-state index in [-0.39, 0.29) is 5.91 Å². The van der Waals surface area contributed by atoms with Crippen LogP contribution in [0.1, 0.15) is 59.3 Å². The van der Waals surface area contributed by atoms with Crippen molar-refractivity contribution in [1.82, 2.24) is 16.0 Å². The van der Waals surface area contributed by atoms with Crippen molar-refractivity contribution in [3.8, 4) is 0 Å². The number of nitrogens with one attached hydrogen (secondary N) is 3. The molecule has 0 aromatic heterocycles. The Kier molecular flexibility index (Phi) is 9.10. The quantitative estimate of drug-likeness (QED) is 0.279. The normalized spacial score (nSPS) is 22.0. The fraction of sp³-hybridized carbons (Fsp3) is 0.667. The van der Waals surface area contributed by atoms with Gasteiger partial charge in [0, 0.05) is 37.4 Å². The van der Waals surface area contributed by atoms with Crippen LogP contribution in [-0.4, -0.2) is 30.4 Å². The summed E-state index contributed by atoms with van der Waals surface area (Å²) >= 11 is 0. The molecule has 0 bridgehead atoms. The standard InChI is InChI=1S/C18H32N4O/c1-5-6-12-19-15(3)20-13-11-14(2)21-17-7-9-18(10-8-17)22-16(4)23/h11,13,17-18,21H,2,5-10,12H2,1,3-4H3,(H,19,20)(H,22,23)/b13-11-. The summed E-state index contributed by atoms with van der Waals surface area (Å²) in [5.74, 6) is 0.995. The van der Waals surface area contributed by atoms with Gasteiger partial charge >= 0.3 is 0 Å². The fourth-order valence-electron chi connectivity index (χ4n) is 2.69. The predicted molar refractivity (Wildman–Crippen MR) is 97.3 cm³/mol. The van der Waals surface area contributed by atoms with Crippen molar-refractivity contribution in [2.24, 2.45) is 4.99 Å². The third-order valence-corrected chi connectivity index (χ3v) is 3.96. The van der Waals surface area contributed by atoms with Gasteiger partial charge in [-0.3, -0.25) is 9.79 Å². The van der Waals surface area contributed by atoms with E-state index in [1.54, 1.807) is 6.92 Å². The molecule has 0 heterocycles. The lowest BCUT2D eigenvalue weighted by atomic mass is 9.91. The maximum Gasteiger partial charge on any atom is 0.217 e. The highest BCUT2D eigenvalue weighted by molar-refractivity contribution is 5.80. The van der Waals surface area contributed by atoms with Gasteiger partial charge in [-0.2, -0.15) is 0 Å². The van der Waals surface area contributed by atoms with Gasteiger partial charge in [-0.15, -0.1) is 0 Å². The van der Waals surface area contributed by atoms with E-state index in [0.29, 0.717) is 12.1 Å². The Balaban J connectivity index is 2.23. The molecule has 130 valence electrons. The number of aliphatic imine (C=N–C) groups is 1. The first-order chi connectivity index (χ1) is 11.0. The van der Waals surface area contributed by atoms with Crippen molar-refractivity contribution in [3.63, 3.8) is 0 Å². The molecule has 0 aromatic carbocycles. The second-order valence-electron chi connectivity index (χ2n) is 6.22. The van der Waals surface area contributed by atoms with Crippen LogP contribution < -0.4 is 16.0 Å². The van der Waals surface area contributed by atoms with Gasteiger partial charge in [-0.1, -0.05) is 19.9 Å². The van der Waals surface area contributed by atoms with Gasteiger partial charge in [0.05, 0.1) is 5.84 Å². The van der Waals surface area contributed by atoms with E-state index in [1.807, 2.05) is 19.2 Å². The zero-order chi connectivity index (χ0) is 17.1. The van der Waals surface area contributed by atoms with Crippen LogP contribution in [0.25, 0.3) is 0 Å². The van der Waals surface area contributed by atoms with Crippen molar-refractivity contribution in [3.05, 3.63) is 24.6 Å². The summed E-state index contributed by atoms with van der Waals surface area (Å²) in [5, 5.41) is 9.60. The Labute approximate surface area is 140 Å². The largest absolute Gasteiger partial charge is 0.383 e. The maximum absolute atomic E-state index is 11.1. The van der Waals surface area contributed by atoms with Crippen LogP contribution in [0.2, 0.25) is 0 Å². The molecule has 1 saturated carbocycles. The average Bonchev–Trinajstić information content (AvgIpc) is 2.49. The summed E-state index contributed by atoms with van der Waals surface area (Å²) < 4.78 is 0. The third-order valence-electron chi connectivity index (χ3n) is 3.96. The summed E-state index contributed by atoms with van der Waals surface area (Å²) in [5.41, 5.74) is 0.904. The number of hydrogen-bond acceptors (Lipinski definition) is 3. The van der Waals surface area contributed by atoms with Crippen LogP contribution in [0.5, 0.6) is 0 Å². The van der Waals surface area contributed by atoms with Crippen molar-refractivity contribution in [2.45, 2.75) is 71.4 Å². The maximum atomic E-state index is 11.1. The Morgan fingerprint density at radius 1 is 1.17 bits per heavy atom. The topological polar surface area (TPSA) is 65.5 Å². The summed E-state index contributed by atoms with van der Waals surface area (Å²) in [6.45, 7) is 10.6. The second-order valence-corrected chi connectivity index (χ2v) is 6.22. The number of carbonyl (C=O) groups excluding carboxylic acids is 1. The zero-order valence-electron chi connectivity index (χ0n) is 14.8. The lowest BCUT2D eigenvalue weighted by Gasteiger charge is -2.30. The van der Waals surface area contributed by atoms with Crippen LogP contribution in [0, 0.1) is 0 Å². The average molecular weight is 320 g/mol. The number of hydrogen-bond donors (Lipinski definition) is 3. The molecule has 1 aliphatic carbocycles. The summed E-state index contributed by atoms with van der Waals surface area (Å²) in [6.07, 6.45) is 10.3. The van der Waals surface area contributed by atoms with E-state index in [9.17, 15) is 4.79 Å². The molecular weight excluding hydrogens is 288 g/mol. The summed E-state index contributed by atoms with van der Waals surface area (Å²) in [6, 6.07) is 0.773. The first kappa shape index (κ1) is 19.3. The van der Waals surface area contributed by atoms with E-state index in [1.165, 1.54) is 0 Å². The first-order valence-corrected chi connectivity index (χ1v) is 8.68. The number of allylic oxidation sites excluding steroid dienone is 1. The Bertz CT molecular complexity index is 434. The minimum atomic E-state index is 0.0656. The molecule has 1 fully saturated rings. The van der Waals surface area contributed by atoms with Crippen LogP contribution in [0.15, 0.2) is 29.5 Å². The van der Waals surface area contributed by atoms with E-state index in [4.69, 9.17) is 0 Å². The monoisotopic (exact) mass is 320 g/mol. The SMILES string of the molecule is C=C(/C=C\NC(C)=NCCCC)NC1CCC(NC(C)=O)CC1. The zero-order valence-corrected chi connectivity index (χ0v) is 14.8. The fourth-order valence-corrected chi connectivity index (χ4v) is 2.69. The third kappa shape index (κ3) is 9.06. The first-order valence-electron chi connectivity index (χ1n) is 8.68. The second kappa shape index (κ2) is 10.9. The van der Waals surface area contributed by atoms with Gasteiger partial charge in [0.1, 0.15) is 0 Å². The van der Waals surface area contributed by atoms with Crippen LogP contribution >= 0.6 is 0 Å². The minimum absolute atomic E-state index is 0.0656. The van der Waals surface area contributed by atoms with Crippen LogP contribution in [-0.2, 0) is 4.79 Å². The van der Waals surface area contributed by atoms with E-state index in [2.05, 4.69) is 34.4 Å². The molecule has 0 saturated heterocycles. The van der Waals surface area contributed by atoms with E-state index in [0.717, 1.165) is 56.6 Å². The van der Waals surface area contributed by atoms with Gasteiger partial charge in [0.15, 0.2) is 0 Å². The number of rotatable bonds is 8. The molecular formula is C18H32N4O. The number of carbonyl (C=O) groups is 1. The van der Waals surface area contributed by atoms with Gasteiger partial charge in [0.2, 0.25) is 5.91 Å². The highest BCUT2D eigenvalue weighted by atomic mass is 16.1. The smallest absolute Gasteiger partial charge is 0.217 e. The molecule has 5 nitrogen and oxygen atoms in total. The number of amides is 1. The molecule has 0 aromatic rings. The Morgan fingerprint density at radius 2 is 1.78 bits per heavy atom. The lowest BCUT2D eigenvalue weighted by Crippen LogP contribution is -2.41. The number of unbranched alkanes of at least 4 members (excludes halogenated alkanes) is 1. The molecule has 0 unspecified atom stereocenters. The molecule has 1 aliphatic rings. The molecule has 1 amide bonds. The number of nitrogens with zero attached hydrogens (tertiary/aromatic N) is 1. The van der Waals surface area contributed by atoms with Crippen molar-refractivity contribution < 1.29 is 4.79 Å². The van der Waals surface area contributed by atoms with Gasteiger partial charge < -0.3 is 16.0 Å². The number of amidine groups is 1. The molecule has 5 heteroatoms. The molecule has 1 rings (SSSR count). The Morgan fingerprint density at radius 3 is 2.35 bits per heavy atom. The highest BCUT2D eigenvalue weighted by Gasteiger charge is 2.21. The van der Waals surface area contributed by atoms with E-state index < -0.39 is 0 Å². The Hall–Kier alpha value is -1.78. The molecule has 3 N–H and O–H groups in total. The molecule has 0 atom stereocenters. The van der Waals surface area contributed by atoms with E-state index >= 15 is 0 Å². The molecule has 23 heavy (non-hydrogen) atoms. The van der Waals surface area contributed by atoms with Crippen molar-refractivity contribution in [2.75, 3.05) is 6.54 Å². The van der Waals surface area contributed by atoms with Crippen LogP contribution in [0.4, 0.5) is 0 Å². The summed E-state index contributed by atoms with van der Waals surface area (Å²) in [4.78, 5) is 15.5. The van der Waals surface area contributed by atoms with Crippen molar-refractivity contribution in [1.29, 1.82) is 0 Å². The molecule has 0 radical (unpaired) electrons. The van der Waals surface area contributed by atoms with Gasteiger partial charge in [-0.05, 0) is 45.1 Å². The molecule has 0 aliphatic heterocycles. The highest BCUT2D eigenvalue weighted by Crippen LogP contribution is 2.19. The van der Waals surface area contributed by atoms with Crippen LogP contribution in [0.3, 0.4) is 0 Å².